The molecule has 38 heavy (non-hydrogen) atoms. The van der Waals surface area contributed by atoms with Gasteiger partial charge in [-0.15, -0.1) is 0 Å². The van der Waals surface area contributed by atoms with E-state index in [0.29, 0.717) is 6.54 Å². The molecule has 5 nitrogen and oxygen atoms in total. The van der Waals surface area contributed by atoms with Gasteiger partial charge in [0.25, 0.3) is 0 Å². The second-order valence-corrected chi connectivity index (χ2v) is 11.2. The van der Waals surface area contributed by atoms with Crippen molar-refractivity contribution in [2.24, 2.45) is 0 Å². The van der Waals surface area contributed by atoms with Crippen LogP contribution in [0.1, 0.15) is 94.4 Å². The lowest BCUT2D eigenvalue weighted by molar-refractivity contribution is -0.683. The molecule has 2 amide bonds. The Morgan fingerprint density at radius 1 is 0.816 bits per heavy atom. The fraction of sp³-hybridized carbons (Fsp3) is 0.500. The normalized spacial score (nSPS) is 10.9. The van der Waals surface area contributed by atoms with Gasteiger partial charge in [-0.25, -0.2) is 4.79 Å². The summed E-state index contributed by atoms with van der Waals surface area (Å²) in [4.78, 5) is 13.9. The monoisotopic (exact) mass is 536 g/mol. The van der Waals surface area contributed by atoms with E-state index in [1.165, 1.54) is 75.5 Å². The number of hydrogen-bond acceptors (Lipinski definition) is 3. The average Bonchev–Trinajstić information content (AvgIpc) is 3.33. The smallest absolute Gasteiger partial charge is 0.323 e. The summed E-state index contributed by atoms with van der Waals surface area (Å²) in [5, 5.41) is 5.91. The Hall–Kier alpha value is -2.86. The van der Waals surface area contributed by atoms with Crippen LogP contribution >= 0.6 is 11.3 Å². The molecule has 6 heteroatoms. The molecule has 0 bridgehead atoms. The number of ether oxygens (including phenoxy) is 1. The van der Waals surface area contributed by atoms with Crippen molar-refractivity contribution in [1.29, 1.82) is 0 Å². The number of amides is 2. The SMILES string of the molecule is CCCCCCCCCCCCCCOc1ccc(NC(=O)Nc2ccccc2C[n+]2csc(C)c2)cc1. The van der Waals surface area contributed by atoms with Crippen LogP contribution in [0.2, 0.25) is 0 Å². The highest BCUT2D eigenvalue weighted by atomic mass is 32.1. The third kappa shape index (κ3) is 11.7. The van der Waals surface area contributed by atoms with Gasteiger partial charge in [-0.3, -0.25) is 0 Å². The minimum Gasteiger partial charge on any atom is -0.494 e. The van der Waals surface area contributed by atoms with Crippen molar-refractivity contribution in [3.8, 4) is 5.75 Å². The van der Waals surface area contributed by atoms with Crippen molar-refractivity contribution >= 4 is 28.7 Å². The number of urea groups is 1. The number of nitrogens with zero attached hydrogens (tertiary/aromatic N) is 1. The Morgan fingerprint density at radius 3 is 2.08 bits per heavy atom. The maximum atomic E-state index is 12.6. The van der Waals surface area contributed by atoms with Gasteiger partial charge in [0.2, 0.25) is 5.51 Å². The Balaban J connectivity index is 1.28. The summed E-state index contributed by atoms with van der Waals surface area (Å²) in [6.45, 7) is 5.82. The number of unbranched alkanes of at least 4 members (excludes halogenated alkanes) is 11. The molecule has 0 aliphatic carbocycles. The summed E-state index contributed by atoms with van der Waals surface area (Å²) in [5.41, 5.74) is 4.70. The second-order valence-electron chi connectivity index (χ2n) is 10.1. The van der Waals surface area contributed by atoms with Crippen LogP contribution in [0.15, 0.2) is 60.2 Å². The molecule has 1 aromatic heterocycles. The lowest BCUT2D eigenvalue weighted by Crippen LogP contribution is -2.31. The second kappa shape index (κ2) is 17.6. The molecule has 0 saturated carbocycles. The van der Waals surface area contributed by atoms with Gasteiger partial charge in [-0.05, 0) is 43.7 Å². The molecular formula is C32H46N3O2S+. The van der Waals surface area contributed by atoms with Gasteiger partial charge < -0.3 is 15.4 Å². The Kier molecular flexibility index (Phi) is 13.8. The van der Waals surface area contributed by atoms with Crippen molar-refractivity contribution in [2.75, 3.05) is 17.2 Å². The Bertz CT molecular complexity index is 1060. The Morgan fingerprint density at radius 2 is 1.45 bits per heavy atom. The van der Waals surface area contributed by atoms with Crippen LogP contribution in [-0.2, 0) is 6.54 Å². The van der Waals surface area contributed by atoms with Gasteiger partial charge in [0.15, 0.2) is 12.7 Å². The van der Waals surface area contributed by atoms with E-state index in [9.17, 15) is 4.79 Å². The van der Waals surface area contributed by atoms with Gasteiger partial charge in [-0.1, -0.05) is 107 Å². The summed E-state index contributed by atoms with van der Waals surface area (Å²) in [7, 11) is 0. The van der Waals surface area contributed by atoms with Crippen LogP contribution in [0.4, 0.5) is 16.2 Å². The van der Waals surface area contributed by atoms with Crippen LogP contribution in [0.5, 0.6) is 5.75 Å². The number of aromatic nitrogens is 1. The molecule has 3 rings (SSSR count). The third-order valence-electron chi connectivity index (χ3n) is 6.72. The summed E-state index contributed by atoms with van der Waals surface area (Å²) in [6.07, 6.45) is 18.2. The van der Waals surface area contributed by atoms with Crippen LogP contribution in [0.3, 0.4) is 0 Å². The quantitative estimate of drug-likeness (QED) is 0.126. The Labute approximate surface area is 233 Å². The topological polar surface area (TPSA) is 54.2 Å². The molecule has 0 aliphatic heterocycles. The van der Waals surface area contributed by atoms with Crippen LogP contribution in [0, 0.1) is 6.92 Å². The maximum Gasteiger partial charge on any atom is 0.323 e. The fourth-order valence-corrected chi connectivity index (χ4v) is 5.19. The van der Waals surface area contributed by atoms with E-state index in [0.717, 1.165) is 35.7 Å². The van der Waals surface area contributed by atoms with Gasteiger partial charge >= 0.3 is 6.03 Å². The summed E-state index contributed by atoms with van der Waals surface area (Å²) >= 11 is 1.71. The van der Waals surface area contributed by atoms with Crippen LogP contribution in [-0.4, -0.2) is 12.6 Å². The number of aryl methyl sites for hydroxylation is 1. The largest absolute Gasteiger partial charge is 0.494 e. The molecule has 0 fully saturated rings. The lowest BCUT2D eigenvalue weighted by Gasteiger charge is -2.11. The number of nitrogens with one attached hydrogen (secondary N) is 2. The molecule has 0 radical (unpaired) electrons. The molecule has 2 aromatic carbocycles. The molecule has 0 spiro atoms. The van der Waals surface area contributed by atoms with Crippen molar-refractivity contribution in [3.05, 3.63) is 70.7 Å². The van der Waals surface area contributed by atoms with E-state index in [1.807, 2.05) is 48.5 Å². The number of rotatable bonds is 18. The van der Waals surface area contributed by atoms with Crippen molar-refractivity contribution in [2.45, 2.75) is 97.4 Å². The standard InChI is InChI=1S/C32H45N3O2S/c1-3-4-5-6-7-8-9-10-11-12-13-16-23-37-30-21-19-29(20-22-30)33-32(36)34-31-18-15-14-17-28(31)25-35-24-27(2)38-26-35/h14-15,17-22,24,26H,3-13,16,23,25H2,1-2H3,(H-,33,34,36)/p+1. The van der Waals surface area contributed by atoms with E-state index in [2.05, 4.69) is 40.8 Å². The first kappa shape index (κ1) is 29.7. The first-order valence-electron chi connectivity index (χ1n) is 14.5. The van der Waals surface area contributed by atoms with Crippen molar-refractivity contribution in [3.63, 3.8) is 0 Å². The first-order valence-corrected chi connectivity index (χ1v) is 15.3. The predicted molar refractivity (Wildman–Crippen MR) is 160 cm³/mol. The van der Waals surface area contributed by atoms with Gasteiger partial charge in [0.05, 0.1) is 17.2 Å². The van der Waals surface area contributed by atoms with E-state index in [4.69, 9.17) is 4.74 Å². The van der Waals surface area contributed by atoms with Gasteiger partial charge in [0.1, 0.15) is 5.75 Å². The molecule has 0 aliphatic rings. The molecule has 1 heterocycles. The highest BCUT2D eigenvalue weighted by molar-refractivity contribution is 7.09. The van der Waals surface area contributed by atoms with Crippen molar-refractivity contribution in [1.82, 2.24) is 0 Å². The predicted octanol–water partition coefficient (Wildman–Crippen LogP) is 9.12. The number of thiazole rings is 1. The number of para-hydroxylation sites is 1. The maximum absolute atomic E-state index is 12.6. The van der Waals surface area contributed by atoms with E-state index < -0.39 is 0 Å². The highest BCUT2D eigenvalue weighted by Crippen LogP contribution is 2.19. The summed E-state index contributed by atoms with van der Waals surface area (Å²) < 4.78 is 8.03. The number of carbonyl (C=O) groups is 1. The van der Waals surface area contributed by atoms with Crippen molar-refractivity contribution < 1.29 is 14.1 Å². The average molecular weight is 537 g/mol. The van der Waals surface area contributed by atoms with Gasteiger partial charge in [-0.2, -0.15) is 4.57 Å². The minimum absolute atomic E-state index is 0.255. The lowest BCUT2D eigenvalue weighted by atomic mass is 10.1. The number of hydrogen-bond donors (Lipinski definition) is 2. The van der Waals surface area contributed by atoms with Crippen LogP contribution < -0.4 is 19.9 Å². The molecule has 3 aromatic rings. The zero-order valence-corrected chi connectivity index (χ0v) is 24.2. The number of benzene rings is 2. The summed E-state index contributed by atoms with van der Waals surface area (Å²) in [6, 6.07) is 15.2. The fourth-order valence-electron chi connectivity index (χ4n) is 4.56. The number of carbonyl (C=O) groups excluding carboxylic acids is 1. The van der Waals surface area contributed by atoms with Gasteiger partial charge in [0, 0.05) is 11.3 Å². The molecular weight excluding hydrogens is 490 g/mol. The highest BCUT2D eigenvalue weighted by Gasteiger charge is 2.12. The molecule has 0 unspecified atom stereocenters. The molecule has 2 N–H and O–H groups in total. The molecule has 0 atom stereocenters. The summed E-state index contributed by atoms with van der Waals surface area (Å²) in [5.74, 6) is 0.840. The first-order chi connectivity index (χ1) is 18.6. The van der Waals surface area contributed by atoms with E-state index in [-0.39, 0.29) is 6.03 Å². The minimum atomic E-state index is -0.255. The molecule has 0 saturated heterocycles. The third-order valence-corrected chi connectivity index (χ3v) is 7.57. The zero-order valence-electron chi connectivity index (χ0n) is 23.3. The zero-order chi connectivity index (χ0) is 26.8. The van der Waals surface area contributed by atoms with E-state index >= 15 is 0 Å². The van der Waals surface area contributed by atoms with E-state index in [1.54, 1.807) is 11.3 Å². The van der Waals surface area contributed by atoms with Crippen LogP contribution in [0.25, 0.3) is 0 Å². The number of anilines is 2. The molecule has 206 valence electrons.